The topological polar surface area (TPSA) is 64.4 Å². The minimum absolute atomic E-state index is 0.0478. The van der Waals surface area contributed by atoms with Crippen molar-refractivity contribution in [2.45, 2.75) is 32.5 Å². The summed E-state index contributed by atoms with van der Waals surface area (Å²) in [6, 6.07) is 20.1. The predicted molar refractivity (Wildman–Crippen MR) is 137 cm³/mol. The number of aromatic nitrogens is 3. The Kier molecular flexibility index (Phi) is 5.37. The van der Waals surface area contributed by atoms with Gasteiger partial charge in [0.1, 0.15) is 0 Å². The maximum absolute atomic E-state index is 5.85. The molecular formula is C27H25N5O2S. The van der Waals surface area contributed by atoms with Crippen LogP contribution in [-0.2, 0) is 6.54 Å². The normalized spacial score (nSPS) is 18.7. The third-order valence-electron chi connectivity index (χ3n) is 6.66. The summed E-state index contributed by atoms with van der Waals surface area (Å²) in [6.45, 7) is 5.14. The van der Waals surface area contributed by atoms with E-state index in [1.54, 1.807) is 0 Å². The van der Waals surface area contributed by atoms with Crippen LogP contribution in [0.2, 0.25) is 0 Å². The van der Waals surface area contributed by atoms with E-state index in [1.807, 2.05) is 54.9 Å². The highest BCUT2D eigenvalue weighted by Crippen LogP contribution is 2.42. The summed E-state index contributed by atoms with van der Waals surface area (Å²) in [5.41, 5.74) is 6.43. The molecule has 1 fully saturated rings. The molecule has 2 aliphatic rings. The van der Waals surface area contributed by atoms with E-state index in [0.29, 0.717) is 11.7 Å². The molecule has 0 radical (unpaired) electrons. The van der Waals surface area contributed by atoms with Crippen LogP contribution in [0.1, 0.15) is 40.4 Å². The second kappa shape index (κ2) is 8.70. The largest absolute Gasteiger partial charge is 0.454 e. The van der Waals surface area contributed by atoms with Gasteiger partial charge in [-0.25, -0.2) is 0 Å². The molecule has 3 aromatic heterocycles. The zero-order chi connectivity index (χ0) is 23.9. The first-order chi connectivity index (χ1) is 17.1. The summed E-state index contributed by atoms with van der Waals surface area (Å²) in [5, 5.41) is 4.24. The number of aryl methyl sites for hydroxylation is 1. The molecule has 6 rings (SSSR count). The van der Waals surface area contributed by atoms with Crippen LogP contribution < -0.4 is 14.8 Å². The number of nitrogens with zero attached hydrogens (tertiary/aromatic N) is 4. The second-order valence-corrected chi connectivity index (χ2v) is 9.16. The minimum atomic E-state index is -0.0851. The molecule has 1 N–H and O–H groups in total. The van der Waals surface area contributed by atoms with E-state index in [-0.39, 0.29) is 18.9 Å². The fourth-order valence-electron chi connectivity index (χ4n) is 5.09. The van der Waals surface area contributed by atoms with Crippen molar-refractivity contribution in [3.8, 4) is 17.2 Å². The number of fused-ring (bicyclic) bond motifs is 1. The van der Waals surface area contributed by atoms with E-state index < -0.39 is 0 Å². The molecule has 0 amide bonds. The Balaban J connectivity index is 1.45. The highest BCUT2D eigenvalue weighted by molar-refractivity contribution is 7.80. The van der Waals surface area contributed by atoms with Crippen molar-refractivity contribution < 1.29 is 9.47 Å². The van der Waals surface area contributed by atoms with E-state index in [2.05, 4.69) is 56.8 Å². The van der Waals surface area contributed by atoms with Gasteiger partial charge in [-0.2, -0.15) is 0 Å². The number of pyridine rings is 2. The van der Waals surface area contributed by atoms with Crippen LogP contribution in [0, 0.1) is 13.8 Å². The SMILES string of the molecule is Cc1cc(C2C(c3ccccn3)NC(=S)N2Cc2ccccn2)c(C)n1-c1ccc2c(c1)OCO2. The van der Waals surface area contributed by atoms with Crippen molar-refractivity contribution in [3.05, 3.63) is 101 Å². The third-order valence-corrected chi connectivity index (χ3v) is 7.01. The Morgan fingerprint density at radius 2 is 1.77 bits per heavy atom. The molecule has 0 aliphatic carbocycles. The molecule has 8 heteroatoms. The maximum atomic E-state index is 5.85. The molecule has 176 valence electrons. The van der Waals surface area contributed by atoms with Crippen LogP contribution in [0.25, 0.3) is 5.69 Å². The fraction of sp³-hybridized carbons (Fsp3) is 0.222. The number of nitrogens with one attached hydrogen (secondary N) is 1. The van der Waals surface area contributed by atoms with E-state index >= 15 is 0 Å². The minimum Gasteiger partial charge on any atom is -0.454 e. The Morgan fingerprint density at radius 3 is 2.54 bits per heavy atom. The molecule has 5 heterocycles. The Morgan fingerprint density at radius 1 is 0.971 bits per heavy atom. The van der Waals surface area contributed by atoms with Crippen molar-refractivity contribution in [3.63, 3.8) is 0 Å². The van der Waals surface area contributed by atoms with Gasteiger partial charge in [0.25, 0.3) is 0 Å². The van der Waals surface area contributed by atoms with Crippen LogP contribution in [0.5, 0.6) is 11.5 Å². The van der Waals surface area contributed by atoms with Gasteiger partial charge in [-0.3, -0.25) is 9.97 Å². The zero-order valence-electron chi connectivity index (χ0n) is 19.5. The van der Waals surface area contributed by atoms with Crippen molar-refractivity contribution in [1.29, 1.82) is 0 Å². The van der Waals surface area contributed by atoms with Crippen molar-refractivity contribution >= 4 is 17.3 Å². The average Bonchev–Trinajstić information content (AvgIpc) is 3.56. The average molecular weight is 484 g/mol. The molecule has 1 aromatic carbocycles. The molecule has 0 bridgehead atoms. The highest BCUT2D eigenvalue weighted by atomic mass is 32.1. The second-order valence-electron chi connectivity index (χ2n) is 8.78. The molecule has 0 spiro atoms. The molecule has 35 heavy (non-hydrogen) atoms. The van der Waals surface area contributed by atoms with Crippen LogP contribution >= 0.6 is 12.2 Å². The highest BCUT2D eigenvalue weighted by Gasteiger charge is 2.41. The van der Waals surface area contributed by atoms with Gasteiger partial charge < -0.3 is 24.3 Å². The number of hydrogen-bond acceptors (Lipinski definition) is 5. The predicted octanol–water partition coefficient (Wildman–Crippen LogP) is 4.79. The first-order valence-electron chi connectivity index (χ1n) is 11.6. The van der Waals surface area contributed by atoms with Gasteiger partial charge in [0.2, 0.25) is 6.79 Å². The third kappa shape index (κ3) is 3.80. The van der Waals surface area contributed by atoms with Crippen molar-refractivity contribution in [2.75, 3.05) is 6.79 Å². The van der Waals surface area contributed by atoms with Crippen molar-refractivity contribution in [1.82, 2.24) is 24.8 Å². The van der Waals surface area contributed by atoms with Gasteiger partial charge in [0, 0.05) is 35.5 Å². The van der Waals surface area contributed by atoms with E-state index in [1.165, 1.54) is 5.56 Å². The summed E-state index contributed by atoms with van der Waals surface area (Å²) in [7, 11) is 0. The lowest BCUT2D eigenvalue weighted by Gasteiger charge is -2.28. The molecule has 2 aliphatic heterocycles. The standard InChI is InChI=1S/C27H25N5O2S/c1-17-13-21(18(2)32(17)20-9-10-23-24(14-20)34-16-33-23)26-25(22-8-4-6-12-29-22)30-27(35)31(26)15-19-7-3-5-11-28-19/h3-14,25-26H,15-16H2,1-2H3,(H,30,35). The summed E-state index contributed by atoms with van der Waals surface area (Å²) < 4.78 is 13.4. The fourth-order valence-corrected chi connectivity index (χ4v) is 5.39. The van der Waals surface area contributed by atoms with E-state index in [4.69, 9.17) is 21.7 Å². The quantitative estimate of drug-likeness (QED) is 0.410. The van der Waals surface area contributed by atoms with Gasteiger partial charge in [-0.1, -0.05) is 12.1 Å². The molecule has 0 saturated carbocycles. The first kappa shape index (κ1) is 21.6. The van der Waals surface area contributed by atoms with Gasteiger partial charge in [0.15, 0.2) is 16.6 Å². The summed E-state index contributed by atoms with van der Waals surface area (Å²) in [5.74, 6) is 1.54. The van der Waals surface area contributed by atoms with Crippen LogP contribution in [0.3, 0.4) is 0 Å². The maximum Gasteiger partial charge on any atom is 0.231 e. The Labute approximate surface area is 209 Å². The van der Waals surface area contributed by atoms with Gasteiger partial charge >= 0.3 is 0 Å². The zero-order valence-corrected chi connectivity index (χ0v) is 20.3. The monoisotopic (exact) mass is 483 g/mol. The molecule has 4 aromatic rings. The molecule has 2 unspecified atom stereocenters. The molecule has 2 atom stereocenters. The first-order valence-corrected chi connectivity index (χ1v) is 12.0. The number of thiocarbonyl (C=S) groups is 1. The van der Waals surface area contributed by atoms with Gasteiger partial charge in [0.05, 0.1) is 30.0 Å². The summed E-state index contributed by atoms with van der Waals surface area (Å²) in [6.07, 6.45) is 3.65. The molecular weight excluding hydrogens is 458 g/mol. The molecule has 1 saturated heterocycles. The summed E-state index contributed by atoms with van der Waals surface area (Å²) >= 11 is 5.85. The van der Waals surface area contributed by atoms with Crippen LogP contribution in [-0.4, -0.2) is 31.3 Å². The van der Waals surface area contributed by atoms with Gasteiger partial charge in [-0.15, -0.1) is 0 Å². The number of rotatable bonds is 5. The Bertz CT molecular complexity index is 1390. The van der Waals surface area contributed by atoms with Gasteiger partial charge in [-0.05, 0) is 74.1 Å². The lowest BCUT2D eigenvalue weighted by Crippen LogP contribution is -2.29. The van der Waals surface area contributed by atoms with E-state index in [0.717, 1.165) is 40.0 Å². The lowest BCUT2D eigenvalue weighted by molar-refractivity contribution is 0.174. The van der Waals surface area contributed by atoms with Crippen LogP contribution in [0.15, 0.2) is 73.1 Å². The number of hydrogen-bond donors (Lipinski definition) is 1. The number of benzene rings is 1. The molecule has 7 nitrogen and oxygen atoms in total. The number of ether oxygens (including phenoxy) is 2. The summed E-state index contributed by atoms with van der Waals surface area (Å²) in [4.78, 5) is 11.4. The lowest BCUT2D eigenvalue weighted by atomic mass is 9.96. The smallest absolute Gasteiger partial charge is 0.231 e. The van der Waals surface area contributed by atoms with Crippen LogP contribution in [0.4, 0.5) is 0 Å². The van der Waals surface area contributed by atoms with E-state index in [9.17, 15) is 0 Å². The van der Waals surface area contributed by atoms with Crippen molar-refractivity contribution in [2.24, 2.45) is 0 Å². The Hall–Kier alpha value is -3.91.